The van der Waals surface area contributed by atoms with Crippen LogP contribution in [0.25, 0.3) is 0 Å². The van der Waals surface area contributed by atoms with Crippen LogP contribution in [0.4, 0.5) is 4.79 Å². The minimum Gasteiger partial charge on any atom is -0.497 e. The molecule has 2 aromatic rings. The Morgan fingerprint density at radius 2 is 1.88 bits per heavy atom. The number of ether oxygens (including phenoxy) is 1. The molecule has 3 amide bonds. The summed E-state index contributed by atoms with van der Waals surface area (Å²) in [6.45, 7) is 2.94. The monoisotopic (exact) mass is 339 g/mol. The fourth-order valence-electron chi connectivity index (χ4n) is 2.92. The van der Waals surface area contributed by atoms with Crippen LogP contribution in [0.5, 0.6) is 5.75 Å². The van der Waals surface area contributed by atoms with E-state index in [1.165, 1.54) is 5.56 Å². The summed E-state index contributed by atoms with van der Waals surface area (Å²) in [5.74, 6) is 0.444. The Morgan fingerprint density at radius 3 is 2.64 bits per heavy atom. The Bertz CT molecular complexity index is 804. The smallest absolute Gasteiger partial charge is 0.336 e. The lowest BCUT2D eigenvalue weighted by Crippen LogP contribution is -2.50. The number of hydrogen-bond donors (Lipinski definition) is 2. The molecule has 25 heavy (non-hydrogen) atoms. The summed E-state index contributed by atoms with van der Waals surface area (Å²) in [7, 11) is 1.62. The molecule has 0 unspecified atom stereocenters. The first-order valence-electron chi connectivity index (χ1n) is 8.15. The first-order valence-corrected chi connectivity index (χ1v) is 8.15. The van der Waals surface area contributed by atoms with Gasteiger partial charge in [-0.3, -0.25) is 10.2 Å². The van der Waals surface area contributed by atoms with Crippen LogP contribution >= 0.6 is 0 Å². The first kappa shape index (κ1) is 16.8. The van der Waals surface area contributed by atoms with Gasteiger partial charge in [0.2, 0.25) is 0 Å². The van der Waals surface area contributed by atoms with E-state index >= 15 is 0 Å². The van der Waals surface area contributed by atoms with E-state index in [0.29, 0.717) is 18.7 Å². The van der Waals surface area contributed by atoms with Gasteiger partial charge in [0, 0.05) is 18.7 Å². The van der Waals surface area contributed by atoms with Crippen molar-refractivity contribution in [3.63, 3.8) is 0 Å². The average molecular weight is 339 g/mol. The number of hydrazine groups is 1. The summed E-state index contributed by atoms with van der Waals surface area (Å²) >= 11 is 0. The molecule has 0 saturated carbocycles. The minimum absolute atomic E-state index is 0.324. The summed E-state index contributed by atoms with van der Waals surface area (Å²) in [6.07, 6.45) is 0.776. The van der Waals surface area contributed by atoms with Gasteiger partial charge in [-0.15, -0.1) is 0 Å². The third-order valence-corrected chi connectivity index (χ3v) is 4.39. The Balaban J connectivity index is 1.60. The summed E-state index contributed by atoms with van der Waals surface area (Å²) in [6, 6.07) is 12.8. The van der Waals surface area contributed by atoms with Crippen molar-refractivity contribution in [2.45, 2.75) is 19.9 Å². The van der Waals surface area contributed by atoms with Crippen molar-refractivity contribution >= 4 is 11.9 Å². The van der Waals surface area contributed by atoms with Crippen molar-refractivity contribution in [3.8, 4) is 5.75 Å². The van der Waals surface area contributed by atoms with Crippen LogP contribution in [-0.4, -0.2) is 30.5 Å². The van der Waals surface area contributed by atoms with Gasteiger partial charge in [-0.2, -0.15) is 0 Å². The SMILES string of the molecule is COc1ccc2c(c1)CN(C(=O)NNC(=O)c1ccccc1C)CC2. The van der Waals surface area contributed by atoms with Crippen molar-refractivity contribution in [2.24, 2.45) is 0 Å². The Morgan fingerprint density at radius 1 is 1.08 bits per heavy atom. The number of benzene rings is 2. The number of methoxy groups -OCH3 is 1. The minimum atomic E-state index is -0.328. The van der Waals surface area contributed by atoms with E-state index in [4.69, 9.17) is 4.74 Å². The van der Waals surface area contributed by atoms with Crippen molar-refractivity contribution in [2.75, 3.05) is 13.7 Å². The highest BCUT2D eigenvalue weighted by atomic mass is 16.5. The van der Waals surface area contributed by atoms with Gasteiger partial charge in [0.05, 0.1) is 7.11 Å². The van der Waals surface area contributed by atoms with Crippen molar-refractivity contribution in [3.05, 3.63) is 64.7 Å². The molecule has 0 spiro atoms. The molecule has 6 heteroatoms. The van der Waals surface area contributed by atoms with E-state index in [1.807, 2.05) is 37.3 Å². The van der Waals surface area contributed by atoms with E-state index < -0.39 is 0 Å². The highest BCUT2D eigenvalue weighted by Gasteiger charge is 2.21. The van der Waals surface area contributed by atoms with E-state index in [0.717, 1.165) is 23.3 Å². The molecule has 2 aromatic carbocycles. The second-order valence-corrected chi connectivity index (χ2v) is 6.01. The van der Waals surface area contributed by atoms with Crippen LogP contribution in [0.1, 0.15) is 27.0 Å². The van der Waals surface area contributed by atoms with E-state index in [9.17, 15) is 9.59 Å². The largest absolute Gasteiger partial charge is 0.497 e. The molecule has 0 saturated heterocycles. The molecule has 0 aromatic heterocycles. The van der Waals surface area contributed by atoms with Gasteiger partial charge in [0.25, 0.3) is 5.91 Å². The van der Waals surface area contributed by atoms with Crippen molar-refractivity contribution in [1.29, 1.82) is 0 Å². The average Bonchev–Trinajstić information content (AvgIpc) is 2.65. The number of rotatable bonds is 2. The van der Waals surface area contributed by atoms with Crippen LogP contribution in [-0.2, 0) is 13.0 Å². The van der Waals surface area contributed by atoms with Gasteiger partial charge in [0.1, 0.15) is 5.75 Å². The summed E-state index contributed by atoms with van der Waals surface area (Å²) in [5, 5.41) is 0. The number of fused-ring (bicyclic) bond motifs is 1. The number of carbonyl (C=O) groups is 2. The topological polar surface area (TPSA) is 70.7 Å². The molecular weight excluding hydrogens is 318 g/mol. The van der Waals surface area contributed by atoms with Crippen LogP contribution in [0.3, 0.4) is 0 Å². The number of aryl methyl sites for hydroxylation is 1. The molecule has 0 fully saturated rings. The molecule has 0 atom stereocenters. The predicted molar refractivity (Wildman–Crippen MR) is 94.3 cm³/mol. The number of nitrogens with one attached hydrogen (secondary N) is 2. The second-order valence-electron chi connectivity index (χ2n) is 6.01. The van der Waals surface area contributed by atoms with E-state index in [2.05, 4.69) is 10.9 Å². The molecule has 0 radical (unpaired) electrons. The van der Waals surface area contributed by atoms with Crippen molar-refractivity contribution in [1.82, 2.24) is 15.8 Å². The Labute approximate surface area is 146 Å². The maximum absolute atomic E-state index is 12.4. The Hall–Kier alpha value is -3.02. The number of hydrogen-bond acceptors (Lipinski definition) is 3. The van der Waals surface area contributed by atoms with Gasteiger partial charge in [-0.25, -0.2) is 10.2 Å². The zero-order chi connectivity index (χ0) is 17.8. The fourth-order valence-corrected chi connectivity index (χ4v) is 2.92. The molecule has 0 aliphatic carbocycles. The zero-order valence-corrected chi connectivity index (χ0v) is 14.3. The molecule has 3 rings (SSSR count). The summed E-state index contributed by atoms with van der Waals surface area (Å²) < 4.78 is 5.24. The summed E-state index contributed by atoms with van der Waals surface area (Å²) in [4.78, 5) is 26.2. The van der Waals surface area contributed by atoms with Gasteiger partial charge in [-0.05, 0) is 48.2 Å². The molecule has 1 aliphatic rings. The highest BCUT2D eigenvalue weighted by molar-refractivity contribution is 5.96. The Kier molecular flexibility index (Phi) is 4.88. The lowest BCUT2D eigenvalue weighted by molar-refractivity contribution is 0.0928. The van der Waals surface area contributed by atoms with E-state index in [1.54, 1.807) is 24.1 Å². The summed E-state index contributed by atoms with van der Waals surface area (Å²) in [5.41, 5.74) is 8.64. The molecule has 1 aliphatic heterocycles. The third kappa shape index (κ3) is 3.74. The van der Waals surface area contributed by atoms with Gasteiger partial charge >= 0.3 is 6.03 Å². The fraction of sp³-hybridized carbons (Fsp3) is 0.263. The second kappa shape index (κ2) is 7.25. The maximum Gasteiger partial charge on any atom is 0.336 e. The quantitative estimate of drug-likeness (QED) is 0.826. The number of nitrogens with zero attached hydrogens (tertiary/aromatic N) is 1. The predicted octanol–water partition coefficient (Wildman–Crippen LogP) is 2.42. The number of amides is 3. The third-order valence-electron chi connectivity index (χ3n) is 4.39. The molecule has 130 valence electrons. The van der Waals surface area contributed by atoms with Gasteiger partial charge < -0.3 is 9.64 Å². The molecule has 6 nitrogen and oxygen atoms in total. The standard InChI is InChI=1S/C19H21N3O3/c1-13-5-3-4-6-17(13)18(23)20-21-19(24)22-10-9-14-7-8-16(25-2)11-15(14)12-22/h3-8,11H,9-10,12H2,1-2H3,(H,20,23)(H,21,24). The lowest BCUT2D eigenvalue weighted by Gasteiger charge is -2.29. The zero-order valence-electron chi connectivity index (χ0n) is 14.3. The molecule has 1 heterocycles. The van der Waals surface area contributed by atoms with Crippen molar-refractivity contribution < 1.29 is 14.3 Å². The molecular formula is C19H21N3O3. The molecule has 0 bridgehead atoms. The first-order chi connectivity index (χ1) is 12.1. The number of urea groups is 1. The highest BCUT2D eigenvalue weighted by Crippen LogP contribution is 2.23. The van der Waals surface area contributed by atoms with Crippen LogP contribution in [0, 0.1) is 6.92 Å². The number of carbonyl (C=O) groups excluding carboxylic acids is 2. The van der Waals surface area contributed by atoms with E-state index in [-0.39, 0.29) is 11.9 Å². The van der Waals surface area contributed by atoms with Crippen LogP contribution < -0.4 is 15.6 Å². The lowest BCUT2D eigenvalue weighted by atomic mass is 10.00. The maximum atomic E-state index is 12.4. The van der Waals surface area contributed by atoms with Gasteiger partial charge in [0.15, 0.2) is 0 Å². The normalized spacial score (nSPS) is 13.0. The van der Waals surface area contributed by atoms with Gasteiger partial charge in [-0.1, -0.05) is 24.3 Å². The van der Waals surface area contributed by atoms with Crippen LogP contribution in [0.2, 0.25) is 0 Å². The molecule has 2 N–H and O–H groups in total. The van der Waals surface area contributed by atoms with Crippen LogP contribution in [0.15, 0.2) is 42.5 Å².